The second kappa shape index (κ2) is 4.76. The molecule has 2 aromatic rings. The van der Waals surface area contributed by atoms with Gasteiger partial charge in [0.25, 0.3) is 0 Å². The average Bonchev–Trinajstić information content (AvgIpc) is 3.00. The van der Waals surface area contributed by atoms with Crippen LogP contribution in [0.3, 0.4) is 0 Å². The number of likely N-dealkylation sites (N-methyl/N-ethyl adjacent to an activating group) is 1. The number of hydrogen-bond acceptors (Lipinski definition) is 4. The van der Waals surface area contributed by atoms with Crippen molar-refractivity contribution in [1.29, 1.82) is 0 Å². The van der Waals surface area contributed by atoms with E-state index in [-0.39, 0.29) is 6.54 Å². The number of hydrogen-bond donors (Lipinski definition) is 0. The second-order valence-corrected chi connectivity index (χ2v) is 7.42. The van der Waals surface area contributed by atoms with Crippen LogP contribution in [0.4, 0.5) is 0 Å². The third kappa shape index (κ3) is 1.78. The highest BCUT2D eigenvalue weighted by atomic mass is 32.2. The van der Waals surface area contributed by atoms with Gasteiger partial charge in [-0.05, 0) is 5.39 Å². The molecule has 0 saturated carbocycles. The molecule has 1 spiro atoms. The molecule has 0 N–H and O–H groups in total. The fourth-order valence-electron chi connectivity index (χ4n) is 3.34. The van der Waals surface area contributed by atoms with E-state index in [1.54, 1.807) is 0 Å². The summed E-state index contributed by atoms with van der Waals surface area (Å²) >= 11 is 0. The Morgan fingerprint density at radius 2 is 1.86 bits per heavy atom. The van der Waals surface area contributed by atoms with Crippen molar-refractivity contribution in [3.05, 3.63) is 42.0 Å². The molecule has 0 atom stereocenters. The Hall–Kier alpha value is -1.47. The van der Waals surface area contributed by atoms with Crippen LogP contribution in [0, 0.1) is 0 Å². The molecule has 0 aromatic heterocycles. The standard InChI is InChI=1S/C16H17NO4S/c1-2-17-11-16(20-9-10-21-16)14-8-7-12-5-3-4-6-13(12)15(14)22(17,18)19/h3-8H,2,9-11H2,1H3. The first-order valence-corrected chi connectivity index (χ1v) is 8.83. The molecule has 4 rings (SSSR count). The molecular formula is C16H17NO4S. The fourth-order valence-corrected chi connectivity index (χ4v) is 5.24. The minimum Gasteiger partial charge on any atom is -0.342 e. The number of fused-ring (bicyclic) bond motifs is 4. The predicted molar refractivity (Wildman–Crippen MR) is 82.0 cm³/mol. The van der Waals surface area contributed by atoms with Crippen LogP contribution >= 0.6 is 0 Å². The molecule has 2 heterocycles. The van der Waals surface area contributed by atoms with Crippen molar-refractivity contribution in [3.8, 4) is 0 Å². The van der Waals surface area contributed by atoms with Crippen molar-refractivity contribution in [2.45, 2.75) is 17.6 Å². The summed E-state index contributed by atoms with van der Waals surface area (Å²) in [5.41, 5.74) is 0.619. The lowest BCUT2D eigenvalue weighted by Crippen LogP contribution is -2.49. The molecule has 6 heteroatoms. The third-order valence-electron chi connectivity index (χ3n) is 4.38. The van der Waals surface area contributed by atoms with E-state index in [0.717, 1.165) is 10.8 Å². The summed E-state index contributed by atoms with van der Waals surface area (Å²) in [5, 5.41) is 1.62. The highest BCUT2D eigenvalue weighted by Crippen LogP contribution is 2.44. The van der Waals surface area contributed by atoms with Gasteiger partial charge in [-0.2, -0.15) is 4.31 Å². The first-order valence-electron chi connectivity index (χ1n) is 7.39. The van der Waals surface area contributed by atoms with E-state index in [0.29, 0.717) is 30.2 Å². The van der Waals surface area contributed by atoms with Gasteiger partial charge in [0, 0.05) is 17.5 Å². The summed E-state index contributed by atoms with van der Waals surface area (Å²) in [7, 11) is -3.55. The van der Waals surface area contributed by atoms with Gasteiger partial charge in [-0.25, -0.2) is 8.42 Å². The molecule has 0 unspecified atom stereocenters. The van der Waals surface area contributed by atoms with E-state index in [9.17, 15) is 8.42 Å². The van der Waals surface area contributed by atoms with Gasteiger partial charge in [0.15, 0.2) is 0 Å². The summed E-state index contributed by atoms with van der Waals surface area (Å²) in [4.78, 5) is 0.320. The fraction of sp³-hybridized carbons (Fsp3) is 0.375. The second-order valence-electron chi connectivity index (χ2n) is 5.54. The van der Waals surface area contributed by atoms with E-state index in [4.69, 9.17) is 9.47 Å². The maximum Gasteiger partial charge on any atom is 0.244 e. The molecule has 5 nitrogen and oxygen atoms in total. The maximum atomic E-state index is 13.0. The zero-order chi connectivity index (χ0) is 15.4. The lowest BCUT2D eigenvalue weighted by molar-refractivity contribution is -0.175. The summed E-state index contributed by atoms with van der Waals surface area (Å²) in [6, 6.07) is 11.3. The molecule has 0 radical (unpaired) electrons. The number of benzene rings is 2. The van der Waals surface area contributed by atoms with E-state index >= 15 is 0 Å². The molecular weight excluding hydrogens is 302 g/mol. The van der Waals surface area contributed by atoms with Crippen LogP contribution in [0.25, 0.3) is 10.8 Å². The number of ether oxygens (including phenoxy) is 2. The predicted octanol–water partition coefficient (Wildman–Crippen LogP) is 2.06. The summed E-state index contributed by atoms with van der Waals surface area (Å²) in [6.45, 7) is 3.38. The lowest BCUT2D eigenvalue weighted by atomic mass is 10.00. The van der Waals surface area contributed by atoms with Crippen molar-refractivity contribution < 1.29 is 17.9 Å². The van der Waals surface area contributed by atoms with Crippen LogP contribution in [-0.4, -0.2) is 39.0 Å². The zero-order valence-electron chi connectivity index (χ0n) is 12.3. The van der Waals surface area contributed by atoms with Crippen LogP contribution in [0.5, 0.6) is 0 Å². The van der Waals surface area contributed by atoms with Crippen LogP contribution in [0.15, 0.2) is 41.3 Å². The Bertz CT molecular complexity index is 840. The van der Waals surface area contributed by atoms with Crippen LogP contribution in [0.2, 0.25) is 0 Å². The largest absolute Gasteiger partial charge is 0.342 e. The van der Waals surface area contributed by atoms with Crippen LogP contribution in [-0.2, 0) is 25.3 Å². The van der Waals surface area contributed by atoms with Crippen molar-refractivity contribution in [2.75, 3.05) is 26.3 Å². The van der Waals surface area contributed by atoms with E-state index in [1.165, 1.54) is 4.31 Å². The van der Waals surface area contributed by atoms with Gasteiger partial charge >= 0.3 is 0 Å². The number of sulfonamides is 1. The summed E-state index contributed by atoms with van der Waals surface area (Å²) in [5.74, 6) is -0.972. The Balaban J connectivity index is 2.10. The van der Waals surface area contributed by atoms with Gasteiger partial charge in [-0.3, -0.25) is 0 Å². The van der Waals surface area contributed by atoms with Gasteiger partial charge < -0.3 is 9.47 Å². The van der Waals surface area contributed by atoms with E-state index in [2.05, 4.69) is 0 Å². The van der Waals surface area contributed by atoms with E-state index < -0.39 is 15.8 Å². The van der Waals surface area contributed by atoms with Crippen molar-refractivity contribution in [1.82, 2.24) is 4.31 Å². The van der Waals surface area contributed by atoms with Crippen LogP contribution in [0.1, 0.15) is 12.5 Å². The van der Waals surface area contributed by atoms with Crippen molar-refractivity contribution in [2.24, 2.45) is 0 Å². The smallest absolute Gasteiger partial charge is 0.244 e. The van der Waals surface area contributed by atoms with Gasteiger partial charge in [-0.15, -0.1) is 0 Å². The molecule has 2 aromatic carbocycles. The number of nitrogens with zero attached hydrogens (tertiary/aromatic N) is 1. The van der Waals surface area contributed by atoms with Crippen LogP contribution < -0.4 is 0 Å². The summed E-state index contributed by atoms with van der Waals surface area (Å²) in [6.07, 6.45) is 0. The van der Waals surface area contributed by atoms with Crippen molar-refractivity contribution >= 4 is 20.8 Å². The minimum absolute atomic E-state index is 0.206. The average molecular weight is 319 g/mol. The third-order valence-corrected chi connectivity index (χ3v) is 6.40. The molecule has 0 bridgehead atoms. The first-order chi connectivity index (χ1) is 10.6. The van der Waals surface area contributed by atoms with Crippen molar-refractivity contribution in [3.63, 3.8) is 0 Å². The lowest BCUT2D eigenvalue weighted by Gasteiger charge is -2.39. The van der Waals surface area contributed by atoms with Gasteiger partial charge in [0.1, 0.15) is 0 Å². The number of rotatable bonds is 1. The molecule has 2 aliphatic heterocycles. The molecule has 22 heavy (non-hydrogen) atoms. The van der Waals surface area contributed by atoms with E-state index in [1.807, 2.05) is 43.3 Å². The van der Waals surface area contributed by atoms with Gasteiger partial charge in [0.05, 0.1) is 24.7 Å². The monoisotopic (exact) mass is 319 g/mol. The van der Waals surface area contributed by atoms with Gasteiger partial charge in [-0.1, -0.05) is 43.3 Å². The first kappa shape index (κ1) is 14.1. The molecule has 2 aliphatic rings. The highest BCUT2D eigenvalue weighted by molar-refractivity contribution is 7.89. The Morgan fingerprint density at radius 3 is 2.59 bits per heavy atom. The molecule has 1 fully saturated rings. The molecule has 116 valence electrons. The Morgan fingerprint density at radius 1 is 1.14 bits per heavy atom. The maximum absolute atomic E-state index is 13.0. The minimum atomic E-state index is -3.55. The molecule has 1 saturated heterocycles. The van der Waals surface area contributed by atoms with Gasteiger partial charge in [0.2, 0.25) is 15.8 Å². The Kier molecular flexibility index (Phi) is 3.06. The quantitative estimate of drug-likeness (QED) is 0.807. The summed E-state index contributed by atoms with van der Waals surface area (Å²) < 4.78 is 39.2. The topological polar surface area (TPSA) is 55.8 Å². The molecule has 0 aliphatic carbocycles. The zero-order valence-corrected chi connectivity index (χ0v) is 13.1. The Labute approximate surface area is 129 Å². The SMILES string of the molecule is CCN1CC2(OCCO2)c2ccc3ccccc3c2S1(=O)=O. The normalized spacial score (nSPS) is 23.0. The highest BCUT2D eigenvalue weighted by Gasteiger charge is 2.50. The molecule has 0 amide bonds.